The molecule has 0 amide bonds. The zero-order chi connectivity index (χ0) is 13.9. The topological polar surface area (TPSA) is 38.5 Å². The fourth-order valence-electron chi connectivity index (χ4n) is 3.97. The third-order valence-corrected chi connectivity index (χ3v) is 5.39. The third-order valence-electron chi connectivity index (χ3n) is 5.39. The van der Waals surface area contributed by atoms with Crippen LogP contribution >= 0.6 is 0 Å². The molecule has 3 nitrogen and oxygen atoms in total. The van der Waals surface area contributed by atoms with Crippen molar-refractivity contribution in [3.63, 3.8) is 0 Å². The minimum atomic E-state index is -0.0621. The number of hydrogen-bond acceptors (Lipinski definition) is 3. The van der Waals surface area contributed by atoms with Crippen molar-refractivity contribution in [3.05, 3.63) is 0 Å². The molecule has 0 spiro atoms. The normalized spacial score (nSPS) is 30.9. The zero-order valence-electron chi connectivity index (χ0n) is 13.0. The lowest BCUT2D eigenvalue weighted by Gasteiger charge is -2.45. The predicted molar refractivity (Wildman–Crippen MR) is 80.2 cm³/mol. The Bertz CT molecular complexity index is 280. The maximum Gasteiger partial charge on any atom is 0.0638 e. The smallest absolute Gasteiger partial charge is 0.0638 e. The van der Waals surface area contributed by atoms with Gasteiger partial charge in [0.2, 0.25) is 0 Å². The molecule has 2 fully saturated rings. The minimum Gasteiger partial charge on any atom is -0.379 e. The highest BCUT2D eigenvalue weighted by atomic mass is 16.5. The molecular weight excluding hydrogens is 236 g/mol. The second-order valence-corrected chi connectivity index (χ2v) is 7.15. The van der Waals surface area contributed by atoms with E-state index in [-0.39, 0.29) is 5.60 Å². The van der Waals surface area contributed by atoms with Crippen LogP contribution in [0.1, 0.15) is 52.4 Å². The van der Waals surface area contributed by atoms with Crippen LogP contribution in [0.15, 0.2) is 0 Å². The van der Waals surface area contributed by atoms with Gasteiger partial charge in [-0.1, -0.05) is 19.3 Å². The Morgan fingerprint density at radius 3 is 2.53 bits per heavy atom. The number of nitrogens with zero attached hydrogens (tertiary/aromatic N) is 1. The van der Waals surface area contributed by atoms with E-state index in [0.717, 1.165) is 24.8 Å². The van der Waals surface area contributed by atoms with Crippen molar-refractivity contribution >= 4 is 0 Å². The van der Waals surface area contributed by atoms with Crippen molar-refractivity contribution in [1.29, 1.82) is 0 Å². The molecule has 1 heterocycles. The first-order valence-electron chi connectivity index (χ1n) is 8.05. The van der Waals surface area contributed by atoms with Gasteiger partial charge in [-0.25, -0.2) is 0 Å². The first-order valence-corrected chi connectivity index (χ1v) is 8.05. The van der Waals surface area contributed by atoms with Gasteiger partial charge in [0.05, 0.1) is 5.60 Å². The van der Waals surface area contributed by atoms with Gasteiger partial charge in [-0.15, -0.1) is 0 Å². The Hall–Kier alpha value is -0.120. The van der Waals surface area contributed by atoms with E-state index in [9.17, 15) is 0 Å². The van der Waals surface area contributed by atoms with Crippen molar-refractivity contribution in [3.8, 4) is 0 Å². The van der Waals surface area contributed by atoms with E-state index in [2.05, 4.69) is 18.7 Å². The molecular formula is C16H32N2O. The van der Waals surface area contributed by atoms with E-state index in [1.54, 1.807) is 7.11 Å². The van der Waals surface area contributed by atoms with Crippen molar-refractivity contribution < 1.29 is 4.74 Å². The molecule has 2 aliphatic rings. The SMILES string of the molecule is COC(C)(C)CC(CN)N1CCC2CCCCC2C1. The van der Waals surface area contributed by atoms with Gasteiger partial charge in [-0.3, -0.25) is 4.90 Å². The number of methoxy groups -OCH3 is 1. The lowest BCUT2D eigenvalue weighted by molar-refractivity contribution is -0.0213. The molecule has 0 aromatic carbocycles. The Kier molecular flexibility index (Phi) is 5.27. The Balaban J connectivity index is 1.92. The highest BCUT2D eigenvalue weighted by Gasteiger charge is 2.35. The minimum absolute atomic E-state index is 0.0621. The Labute approximate surface area is 118 Å². The second kappa shape index (κ2) is 6.55. The van der Waals surface area contributed by atoms with Gasteiger partial charge in [0.15, 0.2) is 0 Å². The van der Waals surface area contributed by atoms with Crippen molar-refractivity contribution in [1.82, 2.24) is 4.90 Å². The first-order chi connectivity index (χ1) is 9.05. The summed E-state index contributed by atoms with van der Waals surface area (Å²) in [6, 6.07) is 0.484. The molecule has 1 aliphatic heterocycles. The molecule has 3 heteroatoms. The number of ether oxygens (including phenoxy) is 1. The number of likely N-dealkylation sites (tertiary alicyclic amines) is 1. The molecule has 1 aliphatic carbocycles. The van der Waals surface area contributed by atoms with Crippen molar-refractivity contribution in [2.45, 2.75) is 64.0 Å². The van der Waals surface area contributed by atoms with Crippen molar-refractivity contribution in [2.75, 3.05) is 26.7 Å². The molecule has 1 saturated heterocycles. The summed E-state index contributed by atoms with van der Waals surface area (Å²) in [4.78, 5) is 2.65. The van der Waals surface area contributed by atoms with Gasteiger partial charge in [-0.05, 0) is 51.5 Å². The summed E-state index contributed by atoms with van der Waals surface area (Å²) in [6.07, 6.45) is 8.22. The van der Waals surface area contributed by atoms with E-state index in [0.29, 0.717) is 6.04 Å². The quantitative estimate of drug-likeness (QED) is 0.833. The monoisotopic (exact) mass is 268 g/mol. The number of piperidine rings is 1. The van der Waals surface area contributed by atoms with E-state index in [1.807, 2.05) is 0 Å². The lowest BCUT2D eigenvalue weighted by atomic mass is 9.74. The number of rotatable bonds is 5. The molecule has 1 saturated carbocycles. The average Bonchev–Trinajstić information content (AvgIpc) is 2.44. The molecule has 0 radical (unpaired) electrons. The molecule has 2 rings (SSSR count). The largest absolute Gasteiger partial charge is 0.379 e. The number of nitrogens with two attached hydrogens (primary N) is 1. The number of hydrogen-bond donors (Lipinski definition) is 1. The van der Waals surface area contributed by atoms with Crippen LogP contribution < -0.4 is 5.73 Å². The Morgan fingerprint density at radius 2 is 1.89 bits per heavy atom. The molecule has 0 aromatic heterocycles. The third kappa shape index (κ3) is 3.93. The summed E-state index contributed by atoms with van der Waals surface area (Å²) < 4.78 is 5.59. The van der Waals surface area contributed by atoms with Crippen LogP contribution in [0.2, 0.25) is 0 Å². The van der Waals surface area contributed by atoms with Crippen LogP contribution in [0.5, 0.6) is 0 Å². The highest BCUT2D eigenvalue weighted by molar-refractivity contribution is 4.89. The fraction of sp³-hybridized carbons (Fsp3) is 1.00. The van der Waals surface area contributed by atoms with Gasteiger partial charge in [-0.2, -0.15) is 0 Å². The maximum absolute atomic E-state index is 6.04. The molecule has 3 atom stereocenters. The summed E-state index contributed by atoms with van der Waals surface area (Å²) in [5.41, 5.74) is 5.97. The van der Waals surface area contributed by atoms with Crippen LogP contribution in [0.25, 0.3) is 0 Å². The summed E-state index contributed by atoms with van der Waals surface area (Å²) in [6.45, 7) is 7.60. The van der Waals surface area contributed by atoms with Gasteiger partial charge in [0.25, 0.3) is 0 Å². The van der Waals surface area contributed by atoms with Gasteiger partial charge >= 0.3 is 0 Å². The zero-order valence-corrected chi connectivity index (χ0v) is 13.0. The van der Waals surface area contributed by atoms with Crippen LogP contribution in [-0.4, -0.2) is 43.3 Å². The summed E-state index contributed by atoms with van der Waals surface area (Å²) in [5.74, 6) is 1.93. The fourth-order valence-corrected chi connectivity index (χ4v) is 3.97. The maximum atomic E-state index is 6.04. The van der Waals surface area contributed by atoms with Crippen molar-refractivity contribution in [2.24, 2.45) is 17.6 Å². The molecule has 0 bridgehead atoms. The highest BCUT2D eigenvalue weighted by Crippen LogP contribution is 2.37. The van der Waals surface area contributed by atoms with Crippen LogP contribution in [-0.2, 0) is 4.74 Å². The van der Waals surface area contributed by atoms with E-state index >= 15 is 0 Å². The number of fused-ring (bicyclic) bond motifs is 1. The van der Waals surface area contributed by atoms with E-state index in [1.165, 1.54) is 45.2 Å². The summed E-state index contributed by atoms with van der Waals surface area (Å²) in [7, 11) is 1.81. The average molecular weight is 268 g/mol. The molecule has 0 aromatic rings. The van der Waals surface area contributed by atoms with Crippen LogP contribution in [0, 0.1) is 11.8 Å². The first kappa shape index (κ1) is 15.3. The van der Waals surface area contributed by atoms with Gasteiger partial charge in [0.1, 0.15) is 0 Å². The van der Waals surface area contributed by atoms with Crippen LogP contribution in [0.4, 0.5) is 0 Å². The summed E-state index contributed by atoms with van der Waals surface area (Å²) >= 11 is 0. The standard InChI is InChI=1S/C16H32N2O/c1-16(2,19-3)10-15(11-17)18-9-8-13-6-4-5-7-14(13)12-18/h13-15H,4-12,17H2,1-3H3. The Morgan fingerprint density at radius 1 is 1.21 bits per heavy atom. The van der Waals surface area contributed by atoms with E-state index < -0.39 is 0 Å². The second-order valence-electron chi connectivity index (χ2n) is 7.15. The molecule has 2 N–H and O–H groups in total. The lowest BCUT2D eigenvalue weighted by Crippen LogP contribution is -2.51. The van der Waals surface area contributed by atoms with Crippen LogP contribution in [0.3, 0.4) is 0 Å². The van der Waals surface area contributed by atoms with E-state index in [4.69, 9.17) is 10.5 Å². The summed E-state index contributed by atoms with van der Waals surface area (Å²) in [5, 5.41) is 0. The predicted octanol–water partition coefficient (Wildman–Crippen LogP) is 2.64. The molecule has 19 heavy (non-hydrogen) atoms. The van der Waals surface area contributed by atoms with Gasteiger partial charge in [0, 0.05) is 26.2 Å². The molecule has 112 valence electrons. The molecule has 3 unspecified atom stereocenters. The van der Waals surface area contributed by atoms with Gasteiger partial charge < -0.3 is 10.5 Å².